The number of nitriles is 1. The van der Waals surface area contributed by atoms with Crippen molar-refractivity contribution in [2.45, 2.75) is 13.5 Å². The first-order valence-corrected chi connectivity index (χ1v) is 4.72. The predicted molar refractivity (Wildman–Crippen MR) is 55.8 cm³/mol. The Morgan fingerprint density at radius 3 is 2.80 bits per heavy atom. The summed E-state index contributed by atoms with van der Waals surface area (Å²) < 4.78 is 1.84. The molecule has 0 saturated heterocycles. The largest absolute Gasteiger partial charge is 0.272 e. The van der Waals surface area contributed by atoms with E-state index >= 15 is 0 Å². The van der Waals surface area contributed by atoms with E-state index in [0.29, 0.717) is 5.56 Å². The molecule has 15 heavy (non-hydrogen) atoms. The fourth-order valence-corrected chi connectivity index (χ4v) is 1.30. The molecule has 0 aliphatic carbocycles. The molecular formula is C11H10N4. The summed E-state index contributed by atoms with van der Waals surface area (Å²) in [5.74, 6) is 0. The third-order valence-electron chi connectivity index (χ3n) is 2.15. The molecule has 2 aromatic heterocycles. The van der Waals surface area contributed by atoms with Crippen LogP contribution in [-0.4, -0.2) is 14.8 Å². The summed E-state index contributed by atoms with van der Waals surface area (Å²) >= 11 is 0. The number of hydrogen-bond donors (Lipinski definition) is 0. The van der Waals surface area contributed by atoms with E-state index in [1.54, 1.807) is 18.5 Å². The summed E-state index contributed by atoms with van der Waals surface area (Å²) in [6.45, 7) is 2.87. The molecule has 2 rings (SSSR count). The van der Waals surface area contributed by atoms with Crippen molar-refractivity contribution in [3.63, 3.8) is 0 Å². The van der Waals surface area contributed by atoms with Gasteiger partial charge in [0.15, 0.2) is 0 Å². The van der Waals surface area contributed by atoms with Crippen molar-refractivity contribution in [1.29, 1.82) is 5.26 Å². The maximum atomic E-state index is 8.63. The van der Waals surface area contributed by atoms with Gasteiger partial charge in [-0.3, -0.25) is 9.67 Å². The van der Waals surface area contributed by atoms with E-state index in [1.165, 1.54) is 0 Å². The zero-order valence-corrected chi connectivity index (χ0v) is 8.38. The molecular weight excluding hydrogens is 188 g/mol. The third-order valence-corrected chi connectivity index (χ3v) is 2.15. The second kappa shape index (κ2) is 3.93. The van der Waals surface area contributed by atoms with Crippen LogP contribution in [0.2, 0.25) is 0 Å². The molecule has 74 valence electrons. The molecule has 2 heterocycles. The lowest BCUT2D eigenvalue weighted by molar-refractivity contribution is 0.660. The minimum absolute atomic E-state index is 0.571. The molecule has 0 radical (unpaired) electrons. The predicted octanol–water partition coefficient (Wildman–Crippen LogP) is 1.84. The van der Waals surface area contributed by atoms with Crippen molar-refractivity contribution in [2.24, 2.45) is 0 Å². The van der Waals surface area contributed by atoms with Gasteiger partial charge < -0.3 is 0 Å². The Kier molecular flexibility index (Phi) is 2.46. The molecule has 0 fully saturated rings. The van der Waals surface area contributed by atoms with Gasteiger partial charge in [-0.2, -0.15) is 10.4 Å². The van der Waals surface area contributed by atoms with Crippen LogP contribution in [0.4, 0.5) is 0 Å². The Morgan fingerprint density at radius 1 is 1.40 bits per heavy atom. The average molecular weight is 198 g/mol. The highest BCUT2D eigenvalue weighted by Gasteiger charge is 2.02. The molecule has 0 aliphatic rings. The minimum atomic E-state index is 0.571. The molecule has 2 aromatic rings. The zero-order valence-electron chi connectivity index (χ0n) is 8.38. The minimum Gasteiger partial charge on any atom is -0.272 e. The lowest BCUT2D eigenvalue weighted by Gasteiger charge is -1.95. The van der Waals surface area contributed by atoms with Gasteiger partial charge in [-0.05, 0) is 19.1 Å². The Labute approximate surface area is 87.8 Å². The summed E-state index contributed by atoms with van der Waals surface area (Å²) in [5.41, 5.74) is 2.39. The molecule has 0 saturated carbocycles. The highest BCUT2D eigenvalue weighted by atomic mass is 15.3. The summed E-state index contributed by atoms with van der Waals surface area (Å²) in [6.07, 6.45) is 5.28. The highest BCUT2D eigenvalue weighted by Crippen LogP contribution is 2.15. The van der Waals surface area contributed by atoms with Crippen molar-refractivity contribution in [3.05, 3.63) is 36.3 Å². The molecule has 0 spiro atoms. The van der Waals surface area contributed by atoms with Crippen LogP contribution in [0, 0.1) is 11.3 Å². The average Bonchev–Trinajstić information content (AvgIpc) is 2.78. The Morgan fingerprint density at radius 2 is 2.27 bits per heavy atom. The molecule has 0 atom stereocenters. The highest BCUT2D eigenvalue weighted by molar-refractivity contribution is 5.57. The number of nitrogens with zero attached hydrogens (tertiary/aromatic N) is 4. The van der Waals surface area contributed by atoms with Gasteiger partial charge in [0.2, 0.25) is 0 Å². The Balaban J connectivity index is 2.33. The first kappa shape index (κ1) is 9.41. The van der Waals surface area contributed by atoms with Crippen molar-refractivity contribution >= 4 is 0 Å². The second-order valence-electron chi connectivity index (χ2n) is 3.13. The number of aromatic nitrogens is 3. The molecule has 0 unspecified atom stereocenters. The van der Waals surface area contributed by atoms with Crippen molar-refractivity contribution in [1.82, 2.24) is 14.8 Å². The summed E-state index contributed by atoms with van der Waals surface area (Å²) in [4.78, 5) is 4.19. The van der Waals surface area contributed by atoms with Crippen molar-refractivity contribution in [2.75, 3.05) is 0 Å². The SMILES string of the molecule is CCn1cc(-c2ccc(C#N)cn2)cn1. The van der Waals surface area contributed by atoms with Crippen LogP contribution in [0.1, 0.15) is 12.5 Å². The van der Waals surface area contributed by atoms with Crippen molar-refractivity contribution in [3.8, 4) is 17.3 Å². The Bertz CT molecular complexity index is 490. The van der Waals surface area contributed by atoms with Gasteiger partial charge >= 0.3 is 0 Å². The number of pyridine rings is 1. The molecule has 0 bridgehead atoms. The van der Waals surface area contributed by atoms with Gasteiger partial charge in [-0.25, -0.2) is 0 Å². The van der Waals surface area contributed by atoms with Gasteiger partial charge in [0.05, 0.1) is 17.5 Å². The van der Waals surface area contributed by atoms with Gasteiger partial charge in [0, 0.05) is 24.5 Å². The number of hydrogen-bond acceptors (Lipinski definition) is 3. The summed E-state index contributed by atoms with van der Waals surface area (Å²) in [6, 6.07) is 5.62. The topological polar surface area (TPSA) is 54.5 Å². The lowest BCUT2D eigenvalue weighted by Crippen LogP contribution is -1.92. The van der Waals surface area contributed by atoms with Gasteiger partial charge in [-0.1, -0.05) is 0 Å². The van der Waals surface area contributed by atoms with Crippen LogP contribution < -0.4 is 0 Å². The first-order valence-electron chi connectivity index (χ1n) is 4.72. The molecule has 0 aliphatic heterocycles. The molecule has 0 N–H and O–H groups in total. The zero-order chi connectivity index (χ0) is 10.7. The summed E-state index contributed by atoms with van der Waals surface area (Å²) in [5, 5.41) is 12.8. The Hall–Kier alpha value is -2.15. The van der Waals surface area contributed by atoms with Crippen LogP contribution in [0.3, 0.4) is 0 Å². The molecule has 0 amide bonds. The van der Waals surface area contributed by atoms with E-state index in [-0.39, 0.29) is 0 Å². The van der Waals surface area contributed by atoms with Crippen molar-refractivity contribution < 1.29 is 0 Å². The van der Waals surface area contributed by atoms with E-state index in [0.717, 1.165) is 17.8 Å². The third kappa shape index (κ3) is 1.86. The lowest BCUT2D eigenvalue weighted by atomic mass is 10.2. The van der Waals surface area contributed by atoms with Gasteiger partial charge in [-0.15, -0.1) is 0 Å². The van der Waals surface area contributed by atoms with Crippen LogP contribution in [0.25, 0.3) is 11.3 Å². The van der Waals surface area contributed by atoms with E-state index in [4.69, 9.17) is 5.26 Å². The van der Waals surface area contributed by atoms with Gasteiger partial charge in [0.25, 0.3) is 0 Å². The van der Waals surface area contributed by atoms with E-state index in [1.807, 2.05) is 29.9 Å². The maximum absolute atomic E-state index is 8.63. The van der Waals surface area contributed by atoms with E-state index in [2.05, 4.69) is 10.1 Å². The maximum Gasteiger partial charge on any atom is 0.101 e. The molecule has 0 aromatic carbocycles. The van der Waals surface area contributed by atoms with Crippen LogP contribution in [-0.2, 0) is 6.54 Å². The van der Waals surface area contributed by atoms with Crippen LogP contribution in [0.5, 0.6) is 0 Å². The quantitative estimate of drug-likeness (QED) is 0.739. The van der Waals surface area contributed by atoms with Gasteiger partial charge in [0.1, 0.15) is 6.07 Å². The van der Waals surface area contributed by atoms with Crippen LogP contribution >= 0.6 is 0 Å². The smallest absolute Gasteiger partial charge is 0.101 e. The first-order chi connectivity index (χ1) is 7.33. The normalized spacial score (nSPS) is 9.87. The summed E-state index contributed by atoms with van der Waals surface area (Å²) in [7, 11) is 0. The van der Waals surface area contributed by atoms with Crippen LogP contribution in [0.15, 0.2) is 30.7 Å². The standard InChI is InChI=1S/C11H10N4/c1-2-15-8-10(7-14-15)11-4-3-9(5-12)6-13-11/h3-4,6-8H,2H2,1H3. The monoisotopic (exact) mass is 198 g/mol. The van der Waals surface area contributed by atoms with E-state index < -0.39 is 0 Å². The fraction of sp³-hybridized carbons (Fsp3) is 0.182. The molecule has 4 heteroatoms. The molecule has 4 nitrogen and oxygen atoms in total. The number of rotatable bonds is 2. The fourth-order valence-electron chi connectivity index (χ4n) is 1.30. The second-order valence-corrected chi connectivity index (χ2v) is 3.13. The van der Waals surface area contributed by atoms with E-state index in [9.17, 15) is 0 Å². The number of aryl methyl sites for hydroxylation is 1.